The van der Waals surface area contributed by atoms with Gasteiger partial charge >= 0.3 is 24.0 Å². The van der Waals surface area contributed by atoms with E-state index in [1.807, 2.05) is 89.8 Å². The summed E-state index contributed by atoms with van der Waals surface area (Å²) in [5.41, 5.74) is 1.11. The van der Waals surface area contributed by atoms with E-state index in [4.69, 9.17) is 28.4 Å². The number of rotatable bonds is 15. The normalized spacial score (nSPS) is 20.9. The van der Waals surface area contributed by atoms with Crippen LogP contribution in [0.25, 0.3) is 11.0 Å². The molecule has 3 aliphatic rings. The highest BCUT2D eigenvalue weighted by atomic mass is 16.6. The van der Waals surface area contributed by atoms with Crippen LogP contribution in [0.4, 0.5) is 10.5 Å². The fourth-order valence-corrected chi connectivity index (χ4v) is 10.4. The van der Waals surface area contributed by atoms with Crippen LogP contribution in [-0.2, 0) is 59.6 Å². The van der Waals surface area contributed by atoms with Gasteiger partial charge in [0.25, 0.3) is 0 Å². The number of anilines is 1. The Bertz CT molecular complexity index is 3070. The van der Waals surface area contributed by atoms with Crippen LogP contribution in [0.3, 0.4) is 0 Å². The molecule has 1 aromatic heterocycles. The largest absolute Gasteiger partial charge is 0.491 e. The van der Waals surface area contributed by atoms with Crippen LogP contribution in [0.2, 0.25) is 0 Å². The summed E-state index contributed by atoms with van der Waals surface area (Å²) in [5, 5.41) is 13.1. The number of cyclic esters (lactones) is 1. The molecule has 2 fully saturated rings. The van der Waals surface area contributed by atoms with Crippen LogP contribution in [0, 0.1) is 23.7 Å². The number of nitrogens with zero attached hydrogens (tertiary/aromatic N) is 3. The molecule has 0 unspecified atom stereocenters. The van der Waals surface area contributed by atoms with Crippen LogP contribution in [0.1, 0.15) is 58.3 Å². The molecule has 9 rings (SSSR count). The second-order valence-electron chi connectivity index (χ2n) is 17.4. The quantitative estimate of drug-likeness (QED) is 0.0385. The molecule has 3 N–H and O–H groups in total. The van der Waals surface area contributed by atoms with E-state index < -0.39 is 77.3 Å². The maximum absolute atomic E-state index is 16.5. The zero-order valence-corrected chi connectivity index (χ0v) is 40.0. The van der Waals surface area contributed by atoms with E-state index >= 15 is 14.4 Å². The second kappa shape index (κ2) is 21.5. The number of imidazole rings is 1. The number of morpholine rings is 1. The highest BCUT2D eigenvalue weighted by Crippen LogP contribution is 2.66. The Hall–Kier alpha value is -8.37. The lowest BCUT2D eigenvalue weighted by molar-refractivity contribution is -0.178. The molecule has 6 atom stereocenters. The number of aliphatic hydroxyl groups excluding tert-OH is 1. The van der Waals surface area contributed by atoms with Gasteiger partial charge in [0.05, 0.1) is 68.7 Å². The minimum atomic E-state index is -2.24. The number of hydrogen-bond acceptors (Lipinski definition) is 15. The van der Waals surface area contributed by atoms with Crippen LogP contribution in [0.15, 0.2) is 127 Å². The SMILES string of the molecule is COCCOC(=O)N1C(=O)[C@@]2(c3cc(C#CCC(C(=O)OC)C(=O)OC)ccc31)[C@H](C(=O)NCc1nc3ccccc3[nH]1)[C@H]1C(=O)O[C@H](c3ccccc3)[C@H](c3ccccc3)N1[C@@H]2c1ccccc1OCCO. The Kier molecular flexibility index (Phi) is 14.6. The molecular formula is C55H51N5O13. The number of aromatic amines is 1. The van der Waals surface area contributed by atoms with E-state index in [-0.39, 0.29) is 62.0 Å². The van der Waals surface area contributed by atoms with Crippen molar-refractivity contribution in [2.24, 2.45) is 11.8 Å². The van der Waals surface area contributed by atoms with Gasteiger partial charge < -0.3 is 43.8 Å². The first-order valence-electron chi connectivity index (χ1n) is 23.5. The molecule has 3 amide bonds. The number of esters is 3. The number of nitrogens with one attached hydrogen (secondary N) is 2. The second-order valence-corrected chi connectivity index (χ2v) is 17.4. The van der Waals surface area contributed by atoms with E-state index in [2.05, 4.69) is 27.1 Å². The number of carbonyl (C=O) groups is 6. The van der Waals surface area contributed by atoms with Crippen molar-refractivity contribution in [2.45, 2.75) is 42.6 Å². The zero-order chi connectivity index (χ0) is 51.2. The third kappa shape index (κ3) is 9.14. The summed E-state index contributed by atoms with van der Waals surface area (Å²) in [7, 11) is 3.70. The molecule has 73 heavy (non-hydrogen) atoms. The number of carbonyl (C=O) groups excluding carboxylic acids is 6. The Morgan fingerprint density at radius 1 is 0.822 bits per heavy atom. The van der Waals surface area contributed by atoms with Gasteiger partial charge in [0.2, 0.25) is 11.8 Å². The molecule has 5 aromatic carbocycles. The molecule has 0 saturated carbocycles. The molecule has 0 bridgehead atoms. The molecule has 374 valence electrons. The summed E-state index contributed by atoms with van der Waals surface area (Å²) in [5.74, 6) is -0.836. The third-order valence-electron chi connectivity index (χ3n) is 13.4. The minimum Gasteiger partial charge on any atom is -0.491 e. The number of aliphatic hydroxyl groups is 1. The van der Waals surface area contributed by atoms with Crippen molar-refractivity contribution in [1.29, 1.82) is 0 Å². The predicted octanol–water partition coefficient (Wildman–Crippen LogP) is 5.40. The number of amides is 3. The maximum Gasteiger partial charge on any atom is 0.421 e. The number of benzene rings is 5. The molecule has 3 aliphatic heterocycles. The molecule has 18 heteroatoms. The summed E-state index contributed by atoms with van der Waals surface area (Å²) in [4.78, 5) is 98.5. The van der Waals surface area contributed by atoms with Gasteiger partial charge in [-0.1, -0.05) is 103 Å². The summed E-state index contributed by atoms with van der Waals surface area (Å²) in [6.07, 6.45) is -2.42. The van der Waals surface area contributed by atoms with Crippen molar-refractivity contribution in [3.05, 3.63) is 161 Å². The van der Waals surface area contributed by atoms with E-state index in [9.17, 15) is 19.5 Å². The third-order valence-corrected chi connectivity index (χ3v) is 13.4. The first-order chi connectivity index (χ1) is 35.6. The number of imide groups is 1. The maximum atomic E-state index is 16.5. The van der Waals surface area contributed by atoms with Crippen LogP contribution < -0.4 is 15.0 Å². The fourth-order valence-electron chi connectivity index (χ4n) is 10.4. The number of ether oxygens (including phenoxy) is 6. The van der Waals surface area contributed by atoms with E-state index in [0.29, 0.717) is 33.5 Å². The molecule has 2 saturated heterocycles. The van der Waals surface area contributed by atoms with E-state index in [0.717, 1.165) is 19.1 Å². The summed E-state index contributed by atoms with van der Waals surface area (Å²) < 4.78 is 33.4. The van der Waals surface area contributed by atoms with Crippen LogP contribution in [0.5, 0.6) is 5.75 Å². The Labute approximate surface area is 419 Å². The van der Waals surface area contributed by atoms with E-state index in [1.165, 1.54) is 19.2 Å². The van der Waals surface area contributed by atoms with Gasteiger partial charge in [-0.05, 0) is 53.1 Å². The lowest BCUT2D eigenvalue weighted by atomic mass is 9.65. The Morgan fingerprint density at radius 3 is 2.21 bits per heavy atom. The number of para-hydroxylation sites is 3. The standard InChI is InChI=1S/C55H51N5O13/c1-68-29-30-72-54(67)59-41-26-25-33(15-14-21-37(50(63)69-2)51(64)70-3)31-38(41)55(53(59)66)44(49(62)56-32-43-57-39-22-11-12-23-40(39)58-43)46-52(65)73-47(35-18-8-5-9-19-35)45(34-16-6-4-7-17-34)60(46)48(55)36-20-10-13-24-42(36)71-28-27-61/h4-13,16-20,22-26,31,37,44-48,61H,21,27-30,32H2,1-3H3,(H,56,62)(H,57,58)/t44-,45-,46-,47+,48+,55-/m0/s1. The smallest absolute Gasteiger partial charge is 0.421 e. The Balaban J connectivity index is 1.33. The number of hydrogen-bond donors (Lipinski definition) is 3. The number of fused-ring (bicyclic) bond motifs is 4. The highest BCUT2D eigenvalue weighted by Gasteiger charge is 2.76. The van der Waals surface area contributed by atoms with Gasteiger partial charge in [-0.3, -0.25) is 28.9 Å². The van der Waals surface area contributed by atoms with Crippen molar-refractivity contribution in [1.82, 2.24) is 20.2 Å². The van der Waals surface area contributed by atoms with Gasteiger partial charge in [-0.15, -0.1) is 0 Å². The summed E-state index contributed by atoms with van der Waals surface area (Å²) in [6, 6.07) is 33.3. The van der Waals surface area contributed by atoms with Crippen molar-refractivity contribution < 1.29 is 62.3 Å². The van der Waals surface area contributed by atoms with Crippen molar-refractivity contribution >= 4 is 52.5 Å². The highest BCUT2D eigenvalue weighted by molar-refractivity contribution is 6.23. The fraction of sp³-hybridized carbons (Fsp3) is 0.291. The van der Waals surface area contributed by atoms with Crippen molar-refractivity contribution in [3.8, 4) is 17.6 Å². The Morgan fingerprint density at radius 2 is 1.51 bits per heavy atom. The topological polar surface area (TPSA) is 225 Å². The van der Waals surface area contributed by atoms with Gasteiger partial charge in [0.15, 0.2) is 5.92 Å². The molecule has 0 radical (unpaired) electrons. The molecule has 1 spiro atoms. The monoisotopic (exact) mass is 989 g/mol. The molecule has 18 nitrogen and oxygen atoms in total. The summed E-state index contributed by atoms with van der Waals surface area (Å²) in [6.45, 7) is -0.973. The van der Waals surface area contributed by atoms with Crippen molar-refractivity contribution in [3.63, 3.8) is 0 Å². The van der Waals surface area contributed by atoms with Crippen LogP contribution >= 0.6 is 0 Å². The average molecular weight is 990 g/mol. The molecule has 4 heterocycles. The minimum absolute atomic E-state index is 0.00915. The van der Waals surface area contributed by atoms with Gasteiger partial charge in [-0.2, -0.15) is 0 Å². The van der Waals surface area contributed by atoms with Crippen LogP contribution in [-0.4, -0.2) is 110 Å². The lowest BCUT2D eigenvalue weighted by Gasteiger charge is -2.46. The first kappa shape index (κ1) is 49.6. The molecule has 6 aromatic rings. The number of H-pyrrole nitrogens is 1. The van der Waals surface area contributed by atoms with Gasteiger partial charge in [-0.25, -0.2) is 14.7 Å². The summed E-state index contributed by atoms with van der Waals surface area (Å²) >= 11 is 0. The lowest BCUT2D eigenvalue weighted by Crippen LogP contribution is -2.55. The number of aromatic nitrogens is 2. The van der Waals surface area contributed by atoms with E-state index in [1.54, 1.807) is 30.3 Å². The van der Waals surface area contributed by atoms with Gasteiger partial charge in [0, 0.05) is 24.7 Å². The van der Waals surface area contributed by atoms with Crippen molar-refractivity contribution in [2.75, 3.05) is 52.7 Å². The number of methoxy groups -OCH3 is 3. The predicted molar refractivity (Wildman–Crippen MR) is 261 cm³/mol. The van der Waals surface area contributed by atoms with Gasteiger partial charge in [0.1, 0.15) is 42.3 Å². The molecule has 0 aliphatic carbocycles. The average Bonchev–Trinajstić information content (AvgIpc) is 4.08. The molecular weight excluding hydrogens is 939 g/mol. The zero-order valence-electron chi connectivity index (χ0n) is 40.0. The first-order valence-corrected chi connectivity index (χ1v) is 23.5.